The molecule has 0 aliphatic heterocycles. The molecule has 0 bridgehead atoms. The van der Waals surface area contributed by atoms with Gasteiger partial charge in [-0.2, -0.15) is 0 Å². The van der Waals surface area contributed by atoms with E-state index in [9.17, 15) is 14.7 Å². The average molecular weight is 499 g/mol. The quantitative estimate of drug-likeness (QED) is 0.190. The molecule has 0 heterocycles. The van der Waals surface area contributed by atoms with Crippen LogP contribution >= 0.6 is 0 Å². The molecule has 0 fully saturated rings. The molecule has 7 nitrogen and oxygen atoms in total. The number of aryl methyl sites for hydroxylation is 2. The van der Waals surface area contributed by atoms with E-state index in [2.05, 4.69) is 31.0 Å². The minimum atomic E-state index is -0.915. The smallest absolute Gasteiger partial charge is 0.397 e. The van der Waals surface area contributed by atoms with Crippen LogP contribution in [-0.2, 0) is 20.9 Å². The summed E-state index contributed by atoms with van der Waals surface area (Å²) in [6, 6.07) is 8.82. The van der Waals surface area contributed by atoms with Crippen LogP contribution in [0, 0.1) is 19.8 Å². The lowest BCUT2D eigenvalue weighted by Crippen LogP contribution is -2.28. The van der Waals surface area contributed by atoms with Crippen molar-refractivity contribution in [1.82, 2.24) is 4.90 Å². The minimum absolute atomic E-state index is 0.139. The molecule has 0 radical (unpaired) electrons. The van der Waals surface area contributed by atoms with E-state index in [1.54, 1.807) is 31.2 Å². The molecule has 0 aliphatic carbocycles. The van der Waals surface area contributed by atoms with Gasteiger partial charge in [-0.15, -0.1) is 0 Å². The van der Waals surface area contributed by atoms with Gasteiger partial charge >= 0.3 is 11.9 Å². The van der Waals surface area contributed by atoms with E-state index in [0.29, 0.717) is 29.6 Å². The van der Waals surface area contributed by atoms with Gasteiger partial charge in [0.15, 0.2) is 0 Å². The molecule has 36 heavy (non-hydrogen) atoms. The van der Waals surface area contributed by atoms with Crippen molar-refractivity contribution in [3.8, 4) is 17.2 Å². The van der Waals surface area contributed by atoms with Gasteiger partial charge < -0.3 is 19.9 Å². The van der Waals surface area contributed by atoms with Gasteiger partial charge in [-0.1, -0.05) is 40.0 Å². The number of aromatic hydroxyl groups is 1. The van der Waals surface area contributed by atoms with E-state index in [4.69, 9.17) is 9.47 Å². The predicted molar refractivity (Wildman–Crippen MR) is 144 cm³/mol. The maximum absolute atomic E-state index is 12.0. The molecular formula is C29H42N2O5. The fourth-order valence-electron chi connectivity index (χ4n) is 4.19. The molecule has 2 N–H and O–H groups in total. The molecule has 0 spiro atoms. The number of ether oxygens (including phenoxy) is 2. The molecule has 198 valence electrons. The summed E-state index contributed by atoms with van der Waals surface area (Å²) in [5.41, 5.74) is 2.94. The fraction of sp³-hybridized carbons (Fsp3) is 0.517. The standard InChI is InChI=1S/C29H42N2O5/c1-7-9-10-11-14-31(18-20(3)4)19-23-17-25(12-13-26(23)32)36-27-21(5)15-24(16-22(27)6)30-28(33)29(34)35-8-2/h12-13,15-17,20,32H,7-11,14,18-19H2,1-6H3,(H,30,33). The minimum Gasteiger partial charge on any atom is -0.508 e. The summed E-state index contributed by atoms with van der Waals surface area (Å²) in [4.78, 5) is 26.0. The molecule has 2 aromatic carbocycles. The van der Waals surface area contributed by atoms with E-state index in [-0.39, 0.29) is 12.4 Å². The van der Waals surface area contributed by atoms with Crippen LogP contribution < -0.4 is 10.1 Å². The van der Waals surface area contributed by atoms with E-state index in [0.717, 1.165) is 36.2 Å². The first-order valence-electron chi connectivity index (χ1n) is 13.0. The zero-order valence-corrected chi connectivity index (χ0v) is 22.6. The summed E-state index contributed by atoms with van der Waals surface area (Å²) in [5, 5.41) is 13.1. The van der Waals surface area contributed by atoms with Crippen LogP contribution in [0.4, 0.5) is 5.69 Å². The average Bonchev–Trinajstić information content (AvgIpc) is 2.80. The van der Waals surface area contributed by atoms with Crippen LogP contribution in [0.2, 0.25) is 0 Å². The van der Waals surface area contributed by atoms with E-state index in [1.165, 1.54) is 19.3 Å². The number of nitrogens with zero attached hydrogens (tertiary/aromatic N) is 1. The third-order valence-corrected chi connectivity index (χ3v) is 5.80. The van der Waals surface area contributed by atoms with Crippen molar-refractivity contribution in [2.24, 2.45) is 5.92 Å². The summed E-state index contributed by atoms with van der Waals surface area (Å²) >= 11 is 0. The summed E-state index contributed by atoms with van der Waals surface area (Å²) in [5.74, 6) is 0.364. The molecule has 0 atom stereocenters. The topological polar surface area (TPSA) is 88.1 Å². The Bertz CT molecular complexity index is 996. The number of carbonyl (C=O) groups excluding carboxylic acids is 2. The Morgan fingerprint density at radius 1 is 1.03 bits per heavy atom. The molecule has 0 aromatic heterocycles. The lowest BCUT2D eigenvalue weighted by molar-refractivity contribution is -0.152. The molecule has 7 heteroatoms. The number of esters is 1. The number of amides is 1. The predicted octanol–water partition coefficient (Wildman–Crippen LogP) is 6.34. The highest BCUT2D eigenvalue weighted by atomic mass is 16.5. The third-order valence-electron chi connectivity index (χ3n) is 5.80. The summed E-state index contributed by atoms with van der Waals surface area (Å²) in [6.45, 7) is 14.8. The Kier molecular flexibility index (Phi) is 11.7. The maximum atomic E-state index is 12.0. The zero-order valence-electron chi connectivity index (χ0n) is 22.6. The second kappa shape index (κ2) is 14.5. The fourth-order valence-corrected chi connectivity index (χ4v) is 4.19. The van der Waals surface area contributed by atoms with E-state index < -0.39 is 11.9 Å². The Balaban J connectivity index is 2.17. The molecule has 2 rings (SSSR count). The van der Waals surface area contributed by atoms with Crippen molar-refractivity contribution in [3.63, 3.8) is 0 Å². The normalized spacial score (nSPS) is 11.1. The second-order valence-corrected chi connectivity index (χ2v) is 9.70. The zero-order chi connectivity index (χ0) is 26.7. The summed E-state index contributed by atoms with van der Waals surface area (Å²) in [7, 11) is 0. The molecule has 0 unspecified atom stereocenters. The number of unbranched alkanes of at least 4 members (excludes halogenated alkanes) is 3. The van der Waals surface area contributed by atoms with Crippen molar-refractivity contribution in [3.05, 3.63) is 47.0 Å². The van der Waals surface area contributed by atoms with Crippen LogP contribution in [0.25, 0.3) is 0 Å². The Morgan fingerprint density at radius 3 is 2.33 bits per heavy atom. The summed E-state index contributed by atoms with van der Waals surface area (Å²) in [6.07, 6.45) is 4.82. The number of rotatable bonds is 13. The highest BCUT2D eigenvalue weighted by Gasteiger charge is 2.17. The van der Waals surface area contributed by atoms with E-state index >= 15 is 0 Å². The first kappa shape index (κ1) is 29.2. The second-order valence-electron chi connectivity index (χ2n) is 9.70. The van der Waals surface area contributed by atoms with Gasteiger partial charge in [0.05, 0.1) is 6.61 Å². The Labute approximate surface area is 215 Å². The van der Waals surface area contributed by atoms with Gasteiger partial charge in [-0.05, 0) is 81.1 Å². The van der Waals surface area contributed by atoms with Crippen molar-refractivity contribution in [2.75, 3.05) is 25.0 Å². The largest absolute Gasteiger partial charge is 0.508 e. The lowest BCUT2D eigenvalue weighted by atomic mass is 10.1. The number of hydrogen-bond donors (Lipinski definition) is 2. The third kappa shape index (κ3) is 9.19. The number of phenols is 1. The number of nitrogens with one attached hydrogen (secondary N) is 1. The van der Waals surface area contributed by atoms with Crippen LogP contribution in [0.5, 0.6) is 17.2 Å². The lowest BCUT2D eigenvalue weighted by Gasteiger charge is -2.25. The van der Waals surface area contributed by atoms with Crippen LogP contribution in [0.3, 0.4) is 0 Å². The van der Waals surface area contributed by atoms with Gasteiger partial charge in [0.2, 0.25) is 0 Å². The molecule has 1 amide bonds. The van der Waals surface area contributed by atoms with Crippen molar-refractivity contribution in [2.45, 2.75) is 73.8 Å². The SMILES string of the molecule is CCCCCCN(Cc1cc(Oc2c(C)cc(NC(=O)C(=O)OCC)cc2C)ccc1O)CC(C)C. The van der Waals surface area contributed by atoms with E-state index in [1.807, 2.05) is 19.9 Å². The van der Waals surface area contributed by atoms with Gasteiger partial charge in [0, 0.05) is 24.3 Å². The Hall–Kier alpha value is -3.06. The first-order valence-corrected chi connectivity index (χ1v) is 13.0. The van der Waals surface area contributed by atoms with Crippen LogP contribution in [0.15, 0.2) is 30.3 Å². The number of carbonyl (C=O) groups is 2. The van der Waals surface area contributed by atoms with Crippen molar-refractivity contribution in [1.29, 1.82) is 0 Å². The molecule has 2 aromatic rings. The molecular weight excluding hydrogens is 456 g/mol. The highest BCUT2D eigenvalue weighted by molar-refractivity contribution is 6.37. The van der Waals surface area contributed by atoms with Crippen LogP contribution in [0.1, 0.15) is 70.1 Å². The van der Waals surface area contributed by atoms with Crippen LogP contribution in [-0.4, -0.2) is 41.6 Å². The van der Waals surface area contributed by atoms with Gasteiger partial charge in [-0.3, -0.25) is 9.69 Å². The van der Waals surface area contributed by atoms with Gasteiger partial charge in [-0.25, -0.2) is 4.79 Å². The Morgan fingerprint density at radius 2 is 1.72 bits per heavy atom. The van der Waals surface area contributed by atoms with Crippen molar-refractivity contribution >= 4 is 17.6 Å². The number of hydrogen-bond acceptors (Lipinski definition) is 6. The maximum Gasteiger partial charge on any atom is 0.397 e. The first-order chi connectivity index (χ1) is 17.1. The monoisotopic (exact) mass is 498 g/mol. The number of anilines is 1. The summed E-state index contributed by atoms with van der Waals surface area (Å²) < 4.78 is 11.0. The number of benzene rings is 2. The molecule has 0 aliphatic rings. The van der Waals surface area contributed by atoms with Crippen molar-refractivity contribution < 1.29 is 24.2 Å². The van der Waals surface area contributed by atoms with Gasteiger partial charge in [0.1, 0.15) is 17.2 Å². The van der Waals surface area contributed by atoms with Gasteiger partial charge in [0.25, 0.3) is 0 Å². The highest BCUT2D eigenvalue weighted by Crippen LogP contribution is 2.34. The molecule has 0 saturated heterocycles. The molecule has 0 saturated carbocycles. The number of phenolic OH excluding ortho intramolecular Hbond substituents is 1.